The number of piperidine rings is 1. The third kappa shape index (κ3) is 4.47. The van der Waals surface area contributed by atoms with Crippen LogP contribution in [0.4, 0.5) is 4.79 Å². The molecular formula is C18H31N5O3. The van der Waals surface area contributed by atoms with Crippen molar-refractivity contribution in [2.24, 2.45) is 0 Å². The molecule has 0 saturated carbocycles. The van der Waals surface area contributed by atoms with Gasteiger partial charge in [-0.05, 0) is 45.7 Å². The van der Waals surface area contributed by atoms with Crippen LogP contribution in [0.25, 0.3) is 0 Å². The zero-order chi connectivity index (χ0) is 18.5. The summed E-state index contributed by atoms with van der Waals surface area (Å²) in [5.41, 5.74) is 0. The Kier molecular flexibility index (Phi) is 6.34. The fourth-order valence-electron chi connectivity index (χ4n) is 4.08. The van der Waals surface area contributed by atoms with Gasteiger partial charge >= 0.3 is 6.03 Å². The van der Waals surface area contributed by atoms with E-state index < -0.39 is 0 Å². The minimum Gasteiger partial charge on any atom is -0.341 e. The van der Waals surface area contributed by atoms with Gasteiger partial charge in [-0.1, -0.05) is 0 Å². The first-order valence-corrected chi connectivity index (χ1v) is 9.86. The van der Waals surface area contributed by atoms with Crippen LogP contribution in [0.15, 0.2) is 0 Å². The molecule has 8 heteroatoms. The van der Waals surface area contributed by atoms with Crippen molar-refractivity contribution in [2.75, 3.05) is 59.4 Å². The zero-order valence-corrected chi connectivity index (χ0v) is 15.8. The van der Waals surface area contributed by atoms with Gasteiger partial charge in [0.25, 0.3) is 0 Å². The molecule has 0 aromatic carbocycles. The van der Waals surface area contributed by atoms with Crippen molar-refractivity contribution in [3.05, 3.63) is 0 Å². The molecule has 1 unspecified atom stereocenters. The number of hydrogen-bond donors (Lipinski definition) is 1. The molecule has 0 aromatic heterocycles. The van der Waals surface area contributed by atoms with E-state index in [4.69, 9.17) is 0 Å². The molecule has 3 fully saturated rings. The van der Waals surface area contributed by atoms with Gasteiger partial charge in [-0.15, -0.1) is 0 Å². The molecule has 3 aliphatic rings. The fraction of sp³-hybridized carbons (Fsp3) is 0.833. The van der Waals surface area contributed by atoms with Crippen LogP contribution in [0.2, 0.25) is 0 Å². The lowest BCUT2D eigenvalue weighted by atomic mass is 10.1. The summed E-state index contributed by atoms with van der Waals surface area (Å²) in [5, 5.41) is 2.74. The molecule has 3 aliphatic heterocycles. The predicted octanol–water partition coefficient (Wildman–Crippen LogP) is -0.0531. The van der Waals surface area contributed by atoms with Crippen LogP contribution in [0, 0.1) is 0 Å². The van der Waals surface area contributed by atoms with Crippen molar-refractivity contribution in [1.29, 1.82) is 0 Å². The van der Waals surface area contributed by atoms with Crippen molar-refractivity contribution >= 4 is 17.8 Å². The van der Waals surface area contributed by atoms with Crippen LogP contribution in [0.5, 0.6) is 0 Å². The van der Waals surface area contributed by atoms with Crippen molar-refractivity contribution in [2.45, 2.75) is 38.1 Å². The molecule has 0 spiro atoms. The zero-order valence-electron chi connectivity index (χ0n) is 15.8. The number of hydrogen-bond acceptors (Lipinski definition) is 4. The number of nitrogens with one attached hydrogen (secondary N) is 1. The van der Waals surface area contributed by atoms with Crippen LogP contribution in [-0.2, 0) is 9.59 Å². The van der Waals surface area contributed by atoms with E-state index in [0.717, 1.165) is 45.3 Å². The maximum absolute atomic E-state index is 12.6. The molecule has 0 aromatic rings. The Morgan fingerprint density at radius 1 is 0.808 bits per heavy atom. The van der Waals surface area contributed by atoms with E-state index in [2.05, 4.69) is 10.2 Å². The summed E-state index contributed by atoms with van der Waals surface area (Å²) in [7, 11) is 2.00. The summed E-state index contributed by atoms with van der Waals surface area (Å²) >= 11 is 0. The largest absolute Gasteiger partial charge is 0.341 e. The number of nitrogens with zero attached hydrogens (tertiary/aromatic N) is 4. The van der Waals surface area contributed by atoms with Gasteiger partial charge in [0, 0.05) is 39.3 Å². The molecule has 8 nitrogen and oxygen atoms in total. The number of carbonyl (C=O) groups is 3. The second kappa shape index (κ2) is 8.70. The minimum absolute atomic E-state index is 0.00228. The number of piperazine rings is 1. The highest BCUT2D eigenvalue weighted by Crippen LogP contribution is 2.18. The summed E-state index contributed by atoms with van der Waals surface area (Å²) < 4.78 is 0. The van der Waals surface area contributed by atoms with E-state index in [1.54, 1.807) is 4.90 Å². The quantitative estimate of drug-likeness (QED) is 0.761. The van der Waals surface area contributed by atoms with E-state index in [1.807, 2.05) is 16.8 Å². The number of rotatable bonds is 3. The molecule has 1 atom stereocenters. The van der Waals surface area contributed by atoms with Crippen LogP contribution >= 0.6 is 0 Å². The first-order chi connectivity index (χ1) is 12.6. The Hall–Kier alpha value is -1.83. The minimum atomic E-state index is -0.208. The van der Waals surface area contributed by atoms with Crippen molar-refractivity contribution in [3.8, 4) is 0 Å². The lowest BCUT2D eigenvalue weighted by molar-refractivity contribution is -0.137. The summed E-state index contributed by atoms with van der Waals surface area (Å²) in [6, 6.07) is -0.210. The van der Waals surface area contributed by atoms with Crippen LogP contribution in [0.3, 0.4) is 0 Å². The van der Waals surface area contributed by atoms with Gasteiger partial charge in [0.05, 0.1) is 12.6 Å². The van der Waals surface area contributed by atoms with Crippen molar-refractivity contribution in [3.63, 3.8) is 0 Å². The number of urea groups is 1. The topological polar surface area (TPSA) is 76.2 Å². The molecule has 146 valence electrons. The van der Waals surface area contributed by atoms with Gasteiger partial charge in [0.1, 0.15) is 0 Å². The van der Waals surface area contributed by atoms with Crippen LogP contribution in [-0.4, -0.2) is 103 Å². The van der Waals surface area contributed by atoms with E-state index in [9.17, 15) is 14.4 Å². The fourth-order valence-corrected chi connectivity index (χ4v) is 4.08. The van der Waals surface area contributed by atoms with Crippen LogP contribution in [0.1, 0.15) is 32.1 Å². The Balaban J connectivity index is 1.39. The molecule has 0 bridgehead atoms. The summed E-state index contributed by atoms with van der Waals surface area (Å²) in [6.07, 6.45) is 5.27. The Bertz CT molecular complexity index is 527. The van der Waals surface area contributed by atoms with Gasteiger partial charge < -0.3 is 20.0 Å². The average molecular weight is 365 g/mol. The number of amides is 4. The van der Waals surface area contributed by atoms with E-state index in [1.165, 1.54) is 6.42 Å². The SMILES string of the molecule is CN1CCCC1C(=O)N1CCN(C(=O)NCC(=O)N2CCCCC2)CC1. The molecule has 0 radical (unpaired) electrons. The first-order valence-electron chi connectivity index (χ1n) is 9.86. The van der Waals surface area contributed by atoms with E-state index in [0.29, 0.717) is 26.2 Å². The van der Waals surface area contributed by atoms with Gasteiger partial charge in [0.2, 0.25) is 11.8 Å². The second-order valence-corrected chi connectivity index (χ2v) is 7.55. The highest BCUT2D eigenvalue weighted by Gasteiger charge is 2.33. The number of carbonyl (C=O) groups excluding carboxylic acids is 3. The van der Waals surface area contributed by atoms with E-state index >= 15 is 0 Å². The predicted molar refractivity (Wildman–Crippen MR) is 97.6 cm³/mol. The van der Waals surface area contributed by atoms with Crippen molar-refractivity contribution in [1.82, 2.24) is 24.9 Å². The summed E-state index contributed by atoms with van der Waals surface area (Å²) in [6.45, 7) is 4.80. The first kappa shape index (κ1) is 18.9. The summed E-state index contributed by atoms with van der Waals surface area (Å²) in [4.78, 5) is 44.6. The Morgan fingerprint density at radius 3 is 2.08 bits per heavy atom. The van der Waals surface area contributed by atoms with Gasteiger partial charge in [-0.2, -0.15) is 0 Å². The highest BCUT2D eigenvalue weighted by molar-refractivity contribution is 5.85. The second-order valence-electron chi connectivity index (χ2n) is 7.55. The average Bonchev–Trinajstić information content (AvgIpc) is 3.12. The Morgan fingerprint density at radius 2 is 1.46 bits per heavy atom. The molecular weight excluding hydrogens is 334 g/mol. The molecule has 0 aliphatic carbocycles. The van der Waals surface area contributed by atoms with Gasteiger partial charge in [-0.3, -0.25) is 14.5 Å². The molecule has 3 saturated heterocycles. The Labute approximate surface area is 155 Å². The van der Waals surface area contributed by atoms with Crippen molar-refractivity contribution < 1.29 is 14.4 Å². The van der Waals surface area contributed by atoms with E-state index in [-0.39, 0.29) is 30.4 Å². The maximum Gasteiger partial charge on any atom is 0.317 e. The molecule has 1 N–H and O–H groups in total. The monoisotopic (exact) mass is 365 g/mol. The third-order valence-corrected chi connectivity index (χ3v) is 5.78. The number of likely N-dealkylation sites (N-methyl/N-ethyl adjacent to an activating group) is 1. The molecule has 3 heterocycles. The molecule has 26 heavy (non-hydrogen) atoms. The smallest absolute Gasteiger partial charge is 0.317 e. The lowest BCUT2D eigenvalue weighted by Crippen LogP contribution is -2.56. The lowest BCUT2D eigenvalue weighted by Gasteiger charge is -2.37. The molecule has 4 amide bonds. The van der Waals surface area contributed by atoms with Gasteiger partial charge in [-0.25, -0.2) is 4.79 Å². The van der Waals surface area contributed by atoms with Crippen LogP contribution < -0.4 is 5.32 Å². The standard InChI is InChI=1S/C18H31N5O3/c1-20-7-5-6-15(20)17(25)22-10-12-23(13-11-22)18(26)19-14-16(24)21-8-3-2-4-9-21/h15H,2-14H2,1H3,(H,19,26). The summed E-state index contributed by atoms with van der Waals surface area (Å²) in [5.74, 6) is 0.182. The highest BCUT2D eigenvalue weighted by atomic mass is 16.2. The van der Waals surface area contributed by atoms with Gasteiger partial charge in [0.15, 0.2) is 0 Å². The number of likely N-dealkylation sites (tertiary alicyclic amines) is 2. The third-order valence-electron chi connectivity index (χ3n) is 5.78. The maximum atomic E-state index is 12.6. The normalized spacial score (nSPS) is 24.7. The molecule has 3 rings (SSSR count).